The number of imide groups is 1. The van der Waals surface area contributed by atoms with E-state index in [2.05, 4.69) is 5.32 Å². The number of Topliss-reactive ketones (excluding diaryl/α,β-unsaturated/α-hetero) is 1. The van der Waals surface area contributed by atoms with Gasteiger partial charge in [-0.25, -0.2) is 4.79 Å². The van der Waals surface area contributed by atoms with Crippen LogP contribution in [-0.4, -0.2) is 40.5 Å². The molecule has 0 radical (unpaired) electrons. The van der Waals surface area contributed by atoms with Crippen LogP contribution in [0.5, 0.6) is 11.5 Å². The van der Waals surface area contributed by atoms with Crippen molar-refractivity contribution in [3.8, 4) is 17.2 Å². The van der Waals surface area contributed by atoms with E-state index >= 15 is 0 Å². The fourth-order valence-electron chi connectivity index (χ4n) is 4.59. The minimum atomic E-state index is -1.35. The lowest BCUT2D eigenvalue weighted by Gasteiger charge is -2.23. The van der Waals surface area contributed by atoms with Crippen LogP contribution in [-0.2, 0) is 10.3 Å². The maximum Gasteiger partial charge on any atom is 0.325 e. The maximum atomic E-state index is 13.3. The lowest BCUT2D eigenvalue weighted by atomic mass is 9.92. The van der Waals surface area contributed by atoms with E-state index in [1.165, 1.54) is 0 Å². The van der Waals surface area contributed by atoms with Crippen LogP contribution in [0.15, 0.2) is 48.5 Å². The third-order valence-corrected chi connectivity index (χ3v) is 6.66. The highest BCUT2D eigenvalue weighted by Gasteiger charge is 2.50. The predicted octanol–water partition coefficient (Wildman–Crippen LogP) is 4.13. The maximum absolute atomic E-state index is 13.3. The average Bonchev–Trinajstić information content (AvgIpc) is 3.45. The molecule has 5 rings (SSSR count). The highest BCUT2D eigenvalue weighted by molar-refractivity contribution is 6.32. The Bertz CT molecular complexity index is 1360. The van der Waals surface area contributed by atoms with Crippen molar-refractivity contribution in [2.75, 3.05) is 13.3 Å². The number of hydrogen-bond acceptors (Lipinski definition) is 5. The zero-order valence-corrected chi connectivity index (χ0v) is 19.6. The standard InChI is InChI=1S/C25H22ClN3O5/c1-14-10-17(15(2)29(14)16-8-9-21-22(11-16)34-13-33-21)20(30)12-28-23(31)25(3,27-24(28)32)18-6-4-5-7-19(18)26/h4-11H,12-13H2,1-3H3,(H,27,32)/t25-/m0/s1. The van der Waals surface area contributed by atoms with E-state index < -0.39 is 17.5 Å². The first kappa shape index (κ1) is 22.0. The monoisotopic (exact) mass is 479 g/mol. The molecule has 9 heteroatoms. The van der Waals surface area contributed by atoms with Crippen LogP contribution in [0.25, 0.3) is 5.69 Å². The van der Waals surface area contributed by atoms with E-state index in [9.17, 15) is 14.4 Å². The van der Waals surface area contributed by atoms with Crippen molar-refractivity contribution in [1.82, 2.24) is 14.8 Å². The number of hydrogen-bond donors (Lipinski definition) is 1. The summed E-state index contributed by atoms with van der Waals surface area (Å²) in [6.45, 7) is 5.09. The van der Waals surface area contributed by atoms with Gasteiger partial charge >= 0.3 is 6.03 Å². The van der Waals surface area contributed by atoms with Gasteiger partial charge in [-0.15, -0.1) is 0 Å². The quantitative estimate of drug-likeness (QED) is 0.439. The van der Waals surface area contributed by atoms with Crippen molar-refractivity contribution >= 4 is 29.3 Å². The number of ether oxygens (including phenoxy) is 2. The number of nitrogens with zero attached hydrogens (tertiary/aromatic N) is 2. The molecule has 3 amide bonds. The molecular weight excluding hydrogens is 458 g/mol. The Kier molecular flexibility index (Phi) is 5.13. The fourth-order valence-corrected chi connectivity index (χ4v) is 4.91. The van der Waals surface area contributed by atoms with Crippen LogP contribution in [0, 0.1) is 13.8 Å². The van der Waals surface area contributed by atoms with Crippen LogP contribution >= 0.6 is 11.6 Å². The molecule has 2 aliphatic heterocycles. The Morgan fingerprint density at radius 1 is 1.09 bits per heavy atom. The largest absolute Gasteiger partial charge is 0.454 e. The van der Waals surface area contributed by atoms with Gasteiger partial charge in [0.05, 0.1) is 6.54 Å². The molecule has 0 unspecified atom stereocenters. The second kappa shape index (κ2) is 7.92. The fraction of sp³-hybridized carbons (Fsp3) is 0.240. The van der Waals surface area contributed by atoms with Gasteiger partial charge in [-0.05, 0) is 45.0 Å². The van der Waals surface area contributed by atoms with E-state index in [1.54, 1.807) is 37.3 Å². The van der Waals surface area contributed by atoms with E-state index in [1.807, 2.05) is 36.6 Å². The summed E-state index contributed by atoms with van der Waals surface area (Å²) < 4.78 is 12.8. The van der Waals surface area contributed by atoms with Gasteiger partial charge < -0.3 is 19.4 Å². The number of rotatable bonds is 5. The number of fused-ring (bicyclic) bond motifs is 1. The Hall–Kier alpha value is -3.78. The topological polar surface area (TPSA) is 89.9 Å². The summed E-state index contributed by atoms with van der Waals surface area (Å²) >= 11 is 6.28. The highest BCUT2D eigenvalue weighted by atomic mass is 35.5. The summed E-state index contributed by atoms with van der Waals surface area (Å²) in [5, 5.41) is 3.06. The molecule has 1 aromatic heterocycles. The molecule has 3 aromatic rings. The summed E-state index contributed by atoms with van der Waals surface area (Å²) in [4.78, 5) is 40.1. The Balaban J connectivity index is 1.42. The van der Waals surface area contributed by atoms with Gasteiger partial charge in [-0.2, -0.15) is 0 Å². The zero-order valence-electron chi connectivity index (χ0n) is 18.8. The molecule has 1 fully saturated rings. The van der Waals surface area contributed by atoms with Gasteiger partial charge in [0.1, 0.15) is 5.54 Å². The van der Waals surface area contributed by atoms with Crippen LogP contribution in [0.2, 0.25) is 5.02 Å². The third-order valence-electron chi connectivity index (χ3n) is 6.34. The molecule has 3 heterocycles. The van der Waals surface area contributed by atoms with Crippen molar-refractivity contribution in [2.45, 2.75) is 26.3 Å². The van der Waals surface area contributed by atoms with Gasteiger partial charge in [0.2, 0.25) is 6.79 Å². The number of aryl methyl sites for hydroxylation is 1. The van der Waals surface area contributed by atoms with Crippen molar-refractivity contribution in [3.63, 3.8) is 0 Å². The van der Waals surface area contributed by atoms with E-state index in [0.29, 0.717) is 33.3 Å². The lowest BCUT2D eigenvalue weighted by molar-refractivity contribution is -0.130. The molecule has 0 aliphatic carbocycles. The molecule has 0 saturated carbocycles. The molecular formula is C25H22ClN3O5. The second-order valence-corrected chi connectivity index (χ2v) is 8.91. The molecule has 174 valence electrons. The predicted molar refractivity (Wildman–Crippen MR) is 125 cm³/mol. The van der Waals surface area contributed by atoms with Crippen LogP contribution in [0.3, 0.4) is 0 Å². The summed E-state index contributed by atoms with van der Waals surface area (Å²) in [5.74, 6) is 0.439. The molecule has 34 heavy (non-hydrogen) atoms. The van der Waals surface area contributed by atoms with Gasteiger partial charge in [0.15, 0.2) is 17.3 Å². The smallest absolute Gasteiger partial charge is 0.325 e. The van der Waals surface area contributed by atoms with Crippen LogP contribution in [0.1, 0.15) is 34.2 Å². The van der Waals surface area contributed by atoms with Crippen molar-refractivity contribution in [1.29, 1.82) is 0 Å². The molecule has 0 bridgehead atoms. The lowest BCUT2D eigenvalue weighted by Crippen LogP contribution is -2.41. The minimum Gasteiger partial charge on any atom is -0.454 e. The van der Waals surface area contributed by atoms with Crippen molar-refractivity contribution in [2.24, 2.45) is 0 Å². The van der Waals surface area contributed by atoms with E-state index in [4.69, 9.17) is 21.1 Å². The number of amides is 3. The zero-order chi connectivity index (χ0) is 24.2. The molecule has 8 nitrogen and oxygen atoms in total. The number of aromatic nitrogens is 1. The second-order valence-electron chi connectivity index (χ2n) is 8.51. The van der Waals surface area contributed by atoms with Crippen LogP contribution < -0.4 is 14.8 Å². The van der Waals surface area contributed by atoms with Gasteiger partial charge in [-0.1, -0.05) is 29.8 Å². The summed E-state index contributed by atoms with van der Waals surface area (Å²) in [6, 6.07) is 13.5. The number of ketones is 1. The number of urea groups is 1. The Morgan fingerprint density at radius 3 is 2.59 bits per heavy atom. The SMILES string of the molecule is Cc1cc(C(=O)CN2C(=O)N[C@@](C)(c3ccccc3Cl)C2=O)c(C)n1-c1ccc2c(c1)OCO2. The van der Waals surface area contributed by atoms with Crippen molar-refractivity contribution in [3.05, 3.63) is 76.1 Å². The number of halogens is 1. The van der Waals surface area contributed by atoms with Gasteiger partial charge in [0.25, 0.3) is 5.91 Å². The van der Waals surface area contributed by atoms with E-state index in [0.717, 1.165) is 16.3 Å². The minimum absolute atomic E-state index is 0.172. The van der Waals surface area contributed by atoms with Gasteiger partial charge in [0, 0.05) is 39.3 Å². The summed E-state index contributed by atoms with van der Waals surface area (Å²) in [7, 11) is 0. The Morgan fingerprint density at radius 2 is 1.82 bits per heavy atom. The number of nitrogens with one attached hydrogen (secondary N) is 1. The number of carbonyl (C=O) groups is 3. The first-order valence-electron chi connectivity index (χ1n) is 10.7. The van der Waals surface area contributed by atoms with Crippen molar-refractivity contribution < 1.29 is 23.9 Å². The first-order chi connectivity index (χ1) is 16.2. The molecule has 1 N–H and O–H groups in total. The summed E-state index contributed by atoms with van der Waals surface area (Å²) in [6.07, 6.45) is 0. The Labute approximate surface area is 201 Å². The molecule has 2 aromatic carbocycles. The van der Waals surface area contributed by atoms with Gasteiger partial charge in [-0.3, -0.25) is 14.5 Å². The molecule has 1 atom stereocenters. The number of benzene rings is 2. The first-order valence-corrected chi connectivity index (χ1v) is 11.1. The van der Waals surface area contributed by atoms with E-state index in [-0.39, 0.29) is 19.1 Å². The molecule has 2 aliphatic rings. The highest BCUT2D eigenvalue weighted by Crippen LogP contribution is 2.36. The number of carbonyl (C=O) groups excluding carboxylic acids is 3. The average molecular weight is 480 g/mol. The third kappa shape index (κ3) is 3.33. The normalized spacial score (nSPS) is 19.0. The molecule has 1 saturated heterocycles. The van der Waals surface area contributed by atoms with Crippen LogP contribution in [0.4, 0.5) is 4.79 Å². The molecule has 0 spiro atoms. The summed E-state index contributed by atoms with van der Waals surface area (Å²) in [5.41, 5.74) is 1.91.